The number of hydrogen-bond donors (Lipinski definition) is 1. The van der Waals surface area contributed by atoms with Crippen LogP contribution in [-0.2, 0) is 6.73 Å². The maximum atomic E-state index is 12.6. The molecule has 0 saturated carbocycles. The van der Waals surface area contributed by atoms with Crippen molar-refractivity contribution >= 4 is 34.8 Å². The number of alkyl halides is 2. The van der Waals surface area contributed by atoms with Crippen LogP contribution in [0.4, 0.5) is 14.5 Å². The number of nitrogens with one attached hydrogen (secondary N) is 1. The van der Waals surface area contributed by atoms with Gasteiger partial charge in [-0.05, 0) is 42.8 Å². The quantitative estimate of drug-likeness (QED) is 0.533. The van der Waals surface area contributed by atoms with Gasteiger partial charge < -0.3 is 14.8 Å². The molecular weight excluding hydrogens is 427 g/mol. The van der Waals surface area contributed by atoms with E-state index >= 15 is 0 Å². The Kier molecular flexibility index (Phi) is 6.56. The number of amides is 1. The van der Waals surface area contributed by atoms with E-state index < -0.39 is 12.5 Å². The topological polar surface area (TPSA) is 65.4 Å². The van der Waals surface area contributed by atoms with Crippen LogP contribution in [0.5, 0.6) is 11.5 Å². The fourth-order valence-electron chi connectivity index (χ4n) is 2.41. The Hall–Kier alpha value is -2.84. The first-order chi connectivity index (χ1) is 13.8. The zero-order valence-electron chi connectivity index (χ0n) is 15.0. The highest BCUT2D eigenvalue weighted by atomic mass is 35.5. The molecule has 6 nitrogen and oxygen atoms in total. The molecular formula is C19H15Cl2F2N3O3. The Morgan fingerprint density at radius 2 is 2.00 bits per heavy atom. The third kappa shape index (κ3) is 5.36. The van der Waals surface area contributed by atoms with E-state index in [1.165, 1.54) is 29.1 Å². The molecule has 1 aromatic heterocycles. The van der Waals surface area contributed by atoms with E-state index in [0.29, 0.717) is 10.8 Å². The first kappa shape index (κ1) is 20.9. The highest BCUT2D eigenvalue weighted by Gasteiger charge is 2.15. The number of ether oxygens (including phenoxy) is 2. The summed E-state index contributed by atoms with van der Waals surface area (Å²) < 4.78 is 36.5. The second-order valence-electron chi connectivity index (χ2n) is 5.90. The molecule has 0 aliphatic rings. The molecule has 0 unspecified atom stereocenters. The summed E-state index contributed by atoms with van der Waals surface area (Å²) in [6, 6.07) is 10.9. The average Bonchev–Trinajstić information content (AvgIpc) is 3.14. The molecule has 1 amide bonds. The number of carbonyl (C=O) groups excluding carboxylic acids is 1. The summed E-state index contributed by atoms with van der Waals surface area (Å²) in [7, 11) is 0. The minimum absolute atomic E-state index is 0.0163. The van der Waals surface area contributed by atoms with Crippen molar-refractivity contribution in [3.8, 4) is 11.5 Å². The summed E-state index contributed by atoms with van der Waals surface area (Å²) in [5.74, 6) is -0.360. The number of hydrogen-bond acceptors (Lipinski definition) is 4. The second kappa shape index (κ2) is 9.11. The van der Waals surface area contributed by atoms with Crippen molar-refractivity contribution in [1.29, 1.82) is 0 Å². The van der Waals surface area contributed by atoms with E-state index in [1.54, 1.807) is 31.2 Å². The van der Waals surface area contributed by atoms with Crippen LogP contribution in [0.25, 0.3) is 0 Å². The van der Waals surface area contributed by atoms with Gasteiger partial charge in [-0.25, -0.2) is 4.68 Å². The van der Waals surface area contributed by atoms with Gasteiger partial charge in [0.25, 0.3) is 5.91 Å². The van der Waals surface area contributed by atoms with Gasteiger partial charge in [0.05, 0.1) is 10.7 Å². The van der Waals surface area contributed by atoms with Gasteiger partial charge in [0, 0.05) is 6.20 Å². The zero-order valence-corrected chi connectivity index (χ0v) is 16.5. The molecule has 0 radical (unpaired) electrons. The van der Waals surface area contributed by atoms with Gasteiger partial charge in [0.1, 0.15) is 16.5 Å². The van der Waals surface area contributed by atoms with Gasteiger partial charge >= 0.3 is 6.61 Å². The number of rotatable bonds is 7. The highest BCUT2D eigenvalue weighted by Crippen LogP contribution is 2.31. The molecule has 0 bridgehead atoms. The van der Waals surface area contributed by atoms with Crippen LogP contribution in [-0.4, -0.2) is 22.3 Å². The summed E-state index contributed by atoms with van der Waals surface area (Å²) in [6.07, 6.45) is 1.53. The van der Waals surface area contributed by atoms with E-state index in [4.69, 9.17) is 27.9 Å². The van der Waals surface area contributed by atoms with Crippen LogP contribution in [0.2, 0.25) is 10.0 Å². The normalized spacial score (nSPS) is 10.8. The number of halogens is 4. The molecule has 0 saturated heterocycles. The van der Waals surface area contributed by atoms with Gasteiger partial charge in [0.15, 0.2) is 12.4 Å². The van der Waals surface area contributed by atoms with Crippen molar-refractivity contribution in [2.45, 2.75) is 20.3 Å². The smallest absolute Gasteiger partial charge is 0.387 e. The molecule has 3 rings (SSSR count). The molecule has 0 spiro atoms. The van der Waals surface area contributed by atoms with Crippen molar-refractivity contribution in [3.05, 3.63) is 70.0 Å². The van der Waals surface area contributed by atoms with Gasteiger partial charge in [-0.1, -0.05) is 35.3 Å². The number of nitrogens with zero attached hydrogens (tertiary/aromatic N) is 2. The third-order valence-electron chi connectivity index (χ3n) is 3.74. The molecule has 1 heterocycles. The van der Waals surface area contributed by atoms with Crippen LogP contribution < -0.4 is 14.8 Å². The maximum Gasteiger partial charge on any atom is 0.387 e. The van der Waals surface area contributed by atoms with Crippen molar-refractivity contribution in [2.24, 2.45) is 0 Å². The summed E-state index contributed by atoms with van der Waals surface area (Å²) in [4.78, 5) is 12.4. The predicted molar refractivity (Wildman–Crippen MR) is 105 cm³/mol. The van der Waals surface area contributed by atoms with E-state index in [2.05, 4.69) is 15.2 Å². The van der Waals surface area contributed by atoms with Gasteiger partial charge in [-0.2, -0.15) is 13.9 Å². The number of aromatic nitrogens is 2. The first-order valence-corrected chi connectivity index (χ1v) is 9.06. The molecule has 0 atom stereocenters. The molecule has 1 N–H and O–H groups in total. The Balaban J connectivity index is 1.68. The lowest BCUT2D eigenvalue weighted by Crippen LogP contribution is -2.16. The standard InChI is InChI=1S/C19H15Cl2F2N3O3/c1-11-5-6-15(29-19(22)23)14(9-11)24-18(27)13-7-8-26(25-13)10-28-16-4-2-3-12(20)17(16)21/h2-9,19H,10H2,1H3,(H,24,27). The van der Waals surface area contributed by atoms with Gasteiger partial charge in [-0.3, -0.25) is 4.79 Å². The largest absolute Gasteiger partial charge is 0.470 e. The highest BCUT2D eigenvalue weighted by molar-refractivity contribution is 6.42. The molecule has 152 valence electrons. The van der Waals surface area contributed by atoms with E-state index in [9.17, 15) is 13.6 Å². The lowest BCUT2D eigenvalue weighted by molar-refractivity contribution is -0.0493. The minimum Gasteiger partial charge on any atom is -0.470 e. The van der Waals surface area contributed by atoms with Crippen LogP contribution in [0.15, 0.2) is 48.7 Å². The van der Waals surface area contributed by atoms with Crippen LogP contribution in [0.3, 0.4) is 0 Å². The molecule has 0 aliphatic carbocycles. The summed E-state index contributed by atoms with van der Waals surface area (Å²) in [6.45, 7) is -1.27. The minimum atomic E-state index is -3.01. The predicted octanol–water partition coefficient (Wildman–Crippen LogP) is 5.39. The fourth-order valence-corrected chi connectivity index (χ4v) is 2.76. The lowest BCUT2D eigenvalue weighted by atomic mass is 10.2. The molecule has 10 heteroatoms. The summed E-state index contributed by atoms with van der Waals surface area (Å²) in [5.41, 5.74) is 0.946. The Labute approximate surface area is 174 Å². The number of benzene rings is 2. The lowest BCUT2D eigenvalue weighted by Gasteiger charge is -2.12. The van der Waals surface area contributed by atoms with Gasteiger partial charge in [-0.15, -0.1) is 0 Å². The van der Waals surface area contributed by atoms with E-state index in [0.717, 1.165) is 5.56 Å². The SMILES string of the molecule is Cc1ccc(OC(F)F)c(NC(=O)c2ccn(COc3cccc(Cl)c3Cl)n2)c1. The molecule has 3 aromatic rings. The van der Waals surface area contributed by atoms with Crippen molar-refractivity contribution < 1.29 is 23.0 Å². The van der Waals surface area contributed by atoms with Crippen LogP contribution in [0.1, 0.15) is 16.1 Å². The number of aryl methyl sites for hydroxylation is 1. The van der Waals surface area contributed by atoms with E-state index in [1.807, 2.05) is 0 Å². The third-order valence-corrected chi connectivity index (χ3v) is 4.54. The molecule has 2 aromatic carbocycles. The van der Waals surface area contributed by atoms with Crippen molar-refractivity contribution in [1.82, 2.24) is 9.78 Å². The zero-order chi connectivity index (χ0) is 21.0. The molecule has 0 aliphatic heterocycles. The van der Waals surface area contributed by atoms with Crippen molar-refractivity contribution in [2.75, 3.05) is 5.32 Å². The van der Waals surface area contributed by atoms with Crippen molar-refractivity contribution in [3.63, 3.8) is 0 Å². The number of carbonyl (C=O) groups is 1. The first-order valence-electron chi connectivity index (χ1n) is 8.30. The maximum absolute atomic E-state index is 12.6. The summed E-state index contributed by atoms with van der Waals surface area (Å²) >= 11 is 12.0. The molecule has 0 fully saturated rings. The van der Waals surface area contributed by atoms with Gasteiger partial charge in [0.2, 0.25) is 0 Å². The second-order valence-corrected chi connectivity index (χ2v) is 6.68. The Morgan fingerprint density at radius 1 is 1.21 bits per heavy atom. The molecule has 29 heavy (non-hydrogen) atoms. The average molecular weight is 442 g/mol. The van der Waals surface area contributed by atoms with Crippen LogP contribution in [0, 0.1) is 6.92 Å². The van der Waals surface area contributed by atoms with E-state index in [-0.39, 0.29) is 28.9 Å². The number of anilines is 1. The monoisotopic (exact) mass is 441 g/mol. The fraction of sp³-hybridized carbons (Fsp3) is 0.158. The summed E-state index contributed by atoms with van der Waals surface area (Å²) in [5, 5.41) is 7.25. The Morgan fingerprint density at radius 3 is 2.76 bits per heavy atom. The van der Waals surface area contributed by atoms with Crippen LogP contribution >= 0.6 is 23.2 Å². The Bertz CT molecular complexity index is 1030.